The summed E-state index contributed by atoms with van der Waals surface area (Å²) >= 11 is 0. The van der Waals surface area contributed by atoms with E-state index in [-0.39, 0.29) is 11.7 Å². The summed E-state index contributed by atoms with van der Waals surface area (Å²) in [5, 5.41) is 3.98. The molecule has 0 atom stereocenters. The van der Waals surface area contributed by atoms with E-state index in [0.717, 1.165) is 5.56 Å². The first kappa shape index (κ1) is 19.8. The molecule has 0 saturated carbocycles. The van der Waals surface area contributed by atoms with Crippen molar-refractivity contribution < 1.29 is 19.1 Å². The Morgan fingerprint density at radius 3 is 2.52 bits per heavy atom. The highest BCUT2D eigenvalue weighted by Gasteiger charge is 2.07. The number of methoxy groups -OCH3 is 1. The molecule has 0 bridgehead atoms. The third kappa shape index (κ3) is 5.49. The highest BCUT2D eigenvalue weighted by Crippen LogP contribution is 2.18. The number of hydrazone groups is 1. The Morgan fingerprint density at radius 2 is 1.79 bits per heavy atom. The molecule has 0 saturated heterocycles. The van der Waals surface area contributed by atoms with Crippen molar-refractivity contribution in [3.8, 4) is 5.75 Å². The van der Waals surface area contributed by atoms with Gasteiger partial charge in [-0.3, -0.25) is 9.78 Å². The molecule has 2 aromatic carbocycles. The number of carbonyl (C=O) groups excluding carboxylic acids is 2. The van der Waals surface area contributed by atoms with Gasteiger partial charge >= 0.3 is 5.97 Å². The Labute approximate surface area is 168 Å². The zero-order valence-electron chi connectivity index (χ0n) is 15.7. The standard InChI is InChI=1S/C22H19N3O4/c1-28-22(27)17-11-9-16(10-12-17)15-29-20-8-3-2-6-18(20)14-24-25-21(26)19-7-4-5-13-23-19/h2-14H,15H2,1H3,(H,25,26)/b24-14-. The molecule has 146 valence electrons. The number of hydrogen-bond acceptors (Lipinski definition) is 6. The van der Waals surface area contributed by atoms with Gasteiger partial charge in [-0.05, 0) is 42.0 Å². The number of pyridine rings is 1. The molecule has 0 unspecified atom stereocenters. The highest BCUT2D eigenvalue weighted by molar-refractivity contribution is 5.93. The van der Waals surface area contributed by atoms with Crippen LogP contribution in [0.4, 0.5) is 0 Å². The maximum atomic E-state index is 12.0. The second-order valence-electron chi connectivity index (χ2n) is 5.93. The van der Waals surface area contributed by atoms with Gasteiger partial charge in [0, 0.05) is 11.8 Å². The molecule has 0 aliphatic heterocycles. The van der Waals surface area contributed by atoms with Crippen LogP contribution < -0.4 is 10.2 Å². The predicted octanol–water partition coefficient (Wildman–Crippen LogP) is 3.21. The molecule has 0 fully saturated rings. The Hall–Kier alpha value is -4.00. The predicted molar refractivity (Wildman–Crippen MR) is 108 cm³/mol. The van der Waals surface area contributed by atoms with Crippen LogP contribution in [0.25, 0.3) is 0 Å². The number of benzene rings is 2. The lowest BCUT2D eigenvalue weighted by Gasteiger charge is -2.09. The van der Waals surface area contributed by atoms with Crippen molar-refractivity contribution in [2.75, 3.05) is 7.11 Å². The number of carbonyl (C=O) groups is 2. The minimum atomic E-state index is -0.397. The van der Waals surface area contributed by atoms with E-state index in [1.165, 1.54) is 13.3 Å². The molecule has 0 aliphatic carbocycles. The minimum absolute atomic E-state index is 0.282. The molecule has 1 N–H and O–H groups in total. The molecule has 1 aromatic heterocycles. The van der Waals surface area contributed by atoms with Crippen LogP contribution in [-0.2, 0) is 11.3 Å². The quantitative estimate of drug-likeness (QED) is 0.381. The Balaban J connectivity index is 1.61. The van der Waals surface area contributed by atoms with Gasteiger partial charge in [-0.15, -0.1) is 0 Å². The van der Waals surface area contributed by atoms with Crippen molar-refractivity contribution >= 4 is 18.1 Å². The van der Waals surface area contributed by atoms with E-state index in [1.54, 1.807) is 48.7 Å². The minimum Gasteiger partial charge on any atom is -0.488 e. The summed E-state index contributed by atoms with van der Waals surface area (Å²) < 4.78 is 10.5. The fourth-order valence-electron chi connectivity index (χ4n) is 2.45. The Bertz CT molecular complexity index is 1000. The maximum Gasteiger partial charge on any atom is 0.337 e. The van der Waals surface area contributed by atoms with Gasteiger partial charge in [0.1, 0.15) is 18.1 Å². The maximum absolute atomic E-state index is 12.0. The van der Waals surface area contributed by atoms with Crippen molar-refractivity contribution in [3.63, 3.8) is 0 Å². The molecular formula is C22H19N3O4. The fourth-order valence-corrected chi connectivity index (χ4v) is 2.45. The first-order chi connectivity index (χ1) is 14.2. The topological polar surface area (TPSA) is 89.9 Å². The number of nitrogens with zero attached hydrogens (tertiary/aromatic N) is 2. The zero-order chi connectivity index (χ0) is 20.5. The number of rotatable bonds is 7. The van der Waals surface area contributed by atoms with Crippen molar-refractivity contribution in [2.24, 2.45) is 5.10 Å². The van der Waals surface area contributed by atoms with Crippen LogP contribution in [0.3, 0.4) is 0 Å². The molecule has 3 aromatic rings. The van der Waals surface area contributed by atoms with Crippen LogP contribution in [-0.4, -0.2) is 30.2 Å². The largest absolute Gasteiger partial charge is 0.488 e. The number of amides is 1. The van der Waals surface area contributed by atoms with Crippen LogP contribution in [0.15, 0.2) is 78.0 Å². The first-order valence-corrected chi connectivity index (χ1v) is 8.81. The van der Waals surface area contributed by atoms with Crippen LogP contribution in [0.1, 0.15) is 32.0 Å². The monoisotopic (exact) mass is 389 g/mol. The van der Waals surface area contributed by atoms with Crippen molar-refractivity contribution in [3.05, 3.63) is 95.3 Å². The molecule has 3 rings (SSSR count). The molecule has 0 radical (unpaired) electrons. The average molecular weight is 389 g/mol. The number of nitrogens with one attached hydrogen (secondary N) is 1. The summed E-state index contributed by atoms with van der Waals surface area (Å²) in [4.78, 5) is 27.4. The number of hydrogen-bond donors (Lipinski definition) is 1. The molecule has 7 heteroatoms. The summed E-state index contributed by atoms with van der Waals surface area (Å²) in [6.45, 7) is 0.312. The normalized spacial score (nSPS) is 10.5. The second-order valence-corrected chi connectivity index (χ2v) is 5.93. The van der Waals surface area contributed by atoms with Gasteiger partial charge in [-0.2, -0.15) is 5.10 Å². The molecular weight excluding hydrogens is 370 g/mol. The van der Waals surface area contributed by atoms with Crippen LogP contribution in [0.2, 0.25) is 0 Å². The Morgan fingerprint density at radius 1 is 1.03 bits per heavy atom. The lowest BCUT2D eigenvalue weighted by atomic mass is 10.1. The van der Waals surface area contributed by atoms with Crippen molar-refractivity contribution in [1.29, 1.82) is 0 Å². The summed E-state index contributed by atoms with van der Waals surface area (Å²) in [6.07, 6.45) is 3.05. The van der Waals surface area contributed by atoms with E-state index in [0.29, 0.717) is 23.5 Å². The molecule has 1 heterocycles. The van der Waals surface area contributed by atoms with E-state index >= 15 is 0 Å². The number of esters is 1. The lowest BCUT2D eigenvalue weighted by molar-refractivity contribution is 0.0600. The molecule has 1 amide bonds. The van der Waals surface area contributed by atoms with Gasteiger partial charge in [0.05, 0.1) is 18.9 Å². The second kappa shape index (κ2) is 9.80. The van der Waals surface area contributed by atoms with Gasteiger partial charge in [-0.25, -0.2) is 10.2 Å². The molecule has 0 aliphatic rings. The van der Waals surface area contributed by atoms with E-state index < -0.39 is 5.91 Å². The lowest BCUT2D eigenvalue weighted by Crippen LogP contribution is -2.18. The van der Waals surface area contributed by atoms with Crippen LogP contribution >= 0.6 is 0 Å². The fraction of sp³-hybridized carbons (Fsp3) is 0.0909. The van der Waals surface area contributed by atoms with Gasteiger partial charge in [0.25, 0.3) is 5.91 Å². The number of aromatic nitrogens is 1. The summed E-state index contributed by atoms with van der Waals surface area (Å²) in [7, 11) is 1.34. The van der Waals surface area contributed by atoms with Gasteiger partial charge in [0.15, 0.2) is 0 Å². The molecule has 0 spiro atoms. The zero-order valence-corrected chi connectivity index (χ0v) is 15.7. The number of ether oxygens (including phenoxy) is 2. The van der Waals surface area contributed by atoms with Gasteiger partial charge in [0.2, 0.25) is 0 Å². The summed E-state index contributed by atoms with van der Waals surface area (Å²) in [6, 6.07) is 19.4. The van der Waals surface area contributed by atoms with Crippen molar-refractivity contribution in [1.82, 2.24) is 10.4 Å². The SMILES string of the molecule is COC(=O)c1ccc(COc2ccccc2/C=N\NC(=O)c2ccccn2)cc1. The van der Waals surface area contributed by atoms with Crippen molar-refractivity contribution in [2.45, 2.75) is 6.61 Å². The smallest absolute Gasteiger partial charge is 0.337 e. The Kier molecular flexibility index (Phi) is 6.67. The van der Waals surface area contributed by atoms with Gasteiger partial charge in [-0.1, -0.05) is 30.3 Å². The summed E-state index contributed by atoms with van der Waals surface area (Å²) in [5.41, 5.74) is 4.81. The number of para-hydroxylation sites is 1. The van der Waals surface area contributed by atoms with E-state index in [4.69, 9.17) is 4.74 Å². The average Bonchev–Trinajstić information content (AvgIpc) is 2.78. The molecule has 29 heavy (non-hydrogen) atoms. The van der Waals surface area contributed by atoms with Crippen LogP contribution in [0.5, 0.6) is 5.75 Å². The van der Waals surface area contributed by atoms with Gasteiger partial charge < -0.3 is 9.47 Å². The third-order valence-electron chi connectivity index (χ3n) is 3.96. The van der Waals surface area contributed by atoms with E-state index in [9.17, 15) is 9.59 Å². The third-order valence-corrected chi connectivity index (χ3v) is 3.96. The van der Waals surface area contributed by atoms with E-state index in [1.807, 2.05) is 24.3 Å². The molecule has 7 nitrogen and oxygen atoms in total. The highest BCUT2D eigenvalue weighted by atomic mass is 16.5. The van der Waals surface area contributed by atoms with Crippen LogP contribution in [0, 0.1) is 0 Å². The summed E-state index contributed by atoms with van der Waals surface area (Å²) in [5.74, 6) is -0.168. The first-order valence-electron chi connectivity index (χ1n) is 8.81. The van der Waals surface area contributed by atoms with E-state index in [2.05, 4.69) is 20.2 Å².